The molecular formula is C51H34O. The average molecular weight is 663 g/mol. The van der Waals surface area contributed by atoms with Crippen LogP contribution in [0.4, 0.5) is 0 Å². The fourth-order valence-electron chi connectivity index (χ4n) is 8.29. The van der Waals surface area contributed by atoms with Crippen molar-refractivity contribution in [2.75, 3.05) is 0 Å². The second-order valence-corrected chi connectivity index (χ2v) is 13.5. The van der Waals surface area contributed by atoms with Crippen LogP contribution >= 0.6 is 0 Å². The van der Waals surface area contributed by atoms with Crippen molar-refractivity contribution in [1.29, 1.82) is 0 Å². The minimum atomic E-state index is 0.535. The van der Waals surface area contributed by atoms with E-state index in [0.29, 0.717) is 6.61 Å². The Morgan fingerprint density at radius 2 is 0.769 bits per heavy atom. The van der Waals surface area contributed by atoms with Crippen LogP contribution in [-0.4, -0.2) is 0 Å². The van der Waals surface area contributed by atoms with Crippen LogP contribution in [0.5, 0.6) is 5.75 Å². The Labute approximate surface area is 304 Å². The summed E-state index contributed by atoms with van der Waals surface area (Å²) in [5, 5.41) is 4.95. The smallest absolute Gasteiger partial charge is 0.128 e. The summed E-state index contributed by atoms with van der Waals surface area (Å²) >= 11 is 0. The van der Waals surface area contributed by atoms with Gasteiger partial charge in [-0.3, -0.25) is 0 Å². The largest absolute Gasteiger partial charge is 0.488 e. The number of hydrogen-bond donors (Lipinski definition) is 0. The number of fused-ring (bicyclic) bond motifs is 5. The molecule has 1 heteroatoms. The van der Waals surface area contributed by atoms with Gasteiger partial charge in [-0.15, -0.1) is 0 Å². The third-order valence-corrected chi connectivity index (χ3v) is 10.6. The first-order valence-corrected chi connectivity index (χ1v) is 18.0. The van der Waals surface area contributed by atoms with E-state index in [1.807, 2.05) is 0 Å². The van der Waals surface area contributed by atoms with E-state index in [0.717, 1.165) is 16.9 Å². The van der Waals surface area contributed by atoms with Gasteiger partial charge in [0.05, 0.1) is 0 Å². The summed E-state index contributed by atoms with van der Waals surface area (Å²) in [4.78, 5) is 0. The quantitative estimate of drug-likeness (QED) is 0.167. The maximum Gasteiger partial charge on any atom is 0.128 e. The fraction of sp³-hybridized carbons (Fsp3) is 0.0196. The van der Waals surface area contributed by atoms with Crippen molar-refractivity contribution in [2.24, 2.45) is 0 Å². The lowest BCUT2D eigenvalue weighted by Crippen LogP contribution is -2.07. The van der Waals surface area contributed by atoms with Crippen LogP contribution in [0.25, 0.3) is 88.3 Å². The van der Waals surface area contributed by atoms with Crippen LogP contribution in [0.15, 0.2) is 194 Å². The monoisotopic (exact) mass is 662 g/mol. The van der Waals surface area contributed by atoms with Crippen molar-refractivity contribution in [3.05, 3.63) is 200 Å². The Balaban J connectivity index is 1.29. The fourth-order valence-corrected chi connectivity index (χ4v) is 8.29. The molecule has 0 N–H and O–H groups in total. The number of benzene rings is 9. The van der Waals surface area contributed by atoms with Crippen molar-refractivity contribution in [3.63, 3.8) is 0 Å². The second-order valence-electron chi connectivity index (χ2n) is 13.5. The third-order valence-electron chi connectivity index (χ3n) is 10.6. The summed E-state index contributed by atoms with van der Waals surface area (Å²) in [5.41, 5.74) is 15.8. The Kier molecular flexibility index (Phi) is 7.29. The van der Waals surface area contributed by atoms with Crippen LogP contribution in [0, 0.1) is 0 Å². The molecular weight excluding hydrogens is 629 g/mol. The lowest BCUT2D eigenvalue weighted by molar-refractivity contribution is 0.302. The van der Waals surface area contributed by atoms with E-state index < -0.39 is 0 Å². The van der Waals surface area contributed by atoms with Gasteiger partial charge in [0.2, 0.25) is 0 Å². The van der Waals surface area contributed by atoms with Gasteiger partial charge in [0.15, 0.2) is 0 Å². The number of ether oxygens (including phenoxy) is 1. The normalized spacial score (nSPS) is 11.9. The molecule has 0 unspecified atom stereocenters. The Bertz CT molecular complexity index is 2650. The molecule has 0 saturated carbocycles. The van der Waals surface area contributed by atoms with Gasteiger partial charge in [0.25, 0.3) is 0 Å². The highest BCUT2D eigenvalue weighted by molar-refractivity contribution is 6.24. The van der Waals surface area contributed by atoms with Gasteiger partial charge in [-0.1, -0.05) is 188 Å². The summed E-state index contributed by atoms with van der Waals surface area (Å²) < 4.78 is 6.47. The zero-order valence-electron chi connectivity index (χ0n) is 28.6. The minimum Gasteiger partial charge on any atom is -0.488 e. The average Bonchev–Trinajstić information content (AvgIpc) is 3.23. The van der Waals surface area contributed by atoms with Crippen LogP contribution in [0.1, 0.15) is 5.56 Å². The van der Waals surface area contributed by atoms with Crippen molar-refractivity contribution in [1.82, 2.24) is 0 Å². The van der Waals surface area contributed by atoms with Crippen LogP contribution in [-0.2, 0) is 6.61 Å². The van der Waals surface area contributed by atoms with E-state index in [1.165, 1.54) is 82.7 Å². The second kappa shape index (κ2) is 12.6. The van der Waals surface area contributed by atoms with E-state index in [1.54, 1.807) is 0 Å². The van der Waals surface area contributed by atoms with Gasteiger partial charge in [-0.25, -0.2) is 0 Å². The first kappa shape index (κ1) is 30.2. The van der Waals surface area contributed by atoms with Gasteiger partial charge < -0.3 is 4.74 Å². The van der Waals surface area contributed by atoms with Gasteiger partial charge in [-0.2, -0.15) is 0 Å². The van der Waals surface area contributed by atoms with Crippen molar-refractivity contribution in [3.8, 4) is 72.5 Å². The molecule has 1 nitrogen and oxygen atoms in total. The molecule has 244 valence electrons. The topological polar surface area (TPSA) is 9.23 Å². The highest BCUT2D eigenvalue weighted by Gasteiger charge is 2.26. The van der Waals surface area contributed by atoms with E-state index in [2.05, 4.69) is 194 Å². The molecule has 0 aliphatic carbocycles. The van der Waals surface area contributed by atoms with E-state index >= 15 is 0 Å². The summed E-state index contributed by atoms with van der Waals surface area (Å²) in [6, 6.07) is 70.3. The van der Waals surface area contributed by atoms with Crippen LogP contribution < -0.4 is 4.74 Å². The van der Waals surface area contributed by atoms with E-state index in [9.17, 15) is 0 Å². The summed E-state index contributed by atoms with van der Waals surface area (Å²) in [7, 11) is 0. The summed E-state index contributed by atoms with van der Waals surface area (Å²) in [5.74, 6) is 0.927. The molecule has 0 radical (unpaired) electrons. The van der Waals surface area contributed by atoms with Crippen molar-refractivity contribution < 1.29 is 4.74 Å². The highest BCUT2D eigenvalue weighted by Crippen LogP contribution is 2.52. The van der Waals surface area contributed by atoms with Gasteiger partial charge in [0, 0.05) is 5.56 Å². The van der Waals surface area contributed by atoms with Gasteiger partial charge in [0.1, 0.15) is 12.4 Å². The zero-order valence-corrected chi connectivity index (χ0v) is 28.6. The number of hydrogen-bond acceptors (Lipinski definition) is 1. The molecule has 0 aromatic heterocycles. The maximum absolute atomic E-state index is 6.47. The molecule has 52 heavy (non-hydrogen) atoms. The molecule has 0 amide bonds. The third kappa shape index (κ3) is 4.93. The Morgan fingerprint density at radius 1 is 0.288 bits per heavy atom. The van der Waals surface area contributed by atoms with Crippen molar-refractivity contribution >= 4 is 21.5 Å². The van der Waals surface area contributed by atoms with Gasteiger partial charge >= 0.3 is 0 Å². The number of rotatable bonds is 5. The first-order valence-electron chi connectivity index (χ1n) is 18.0. The maximum atomic E-state index is 6.47. The molecule has 0 spiro atoms. The van der Waals surface area contributed by atoms with Gasteiger partial charge in [-0.05, 0) is 94.4 Å². The summed E-state index contributed by atoms with van der Waals surface area (Å²) in [6.07, 6.45) is 0. The standard InChI is InChI=1S/C51H34O/c1-4-16-34(17-5-1)37-30-31-45-47(32-37)52-33-38-22-14-29-46(48(38)45)49-41-23-10-12-25-43(41)51(44-26-13-11-24-42(44)49)50-39(35-18-6-2-7-19-35)27-15-28-40(50)36-20-8-3-9-21-36/h1-32H,33H2. The van der Waals surface area contributed by atoms with Crippen molar-refractivity contribution in [2.45, 2.75) is 6.61 Å². The first-order chi connectivity index (χ1) is 25.8. The molecule has 0 fully saturated rings. The summed E-state index contributed by atoms with van der Waals surface area (Å²) in [6.45, 7) is 0.535. The molecule has 1 aliphatic heterocycles. The lowest BCUT2D eigenvalue weighted by Gasteiger charge is -2.26. The molecule has 10 rings (SSSR count). The molecule has 1 aliphatic rings. The van der Waals surface area contributed by atoms with Crippen LogP contribution in [0.3, 0.4) is 0 Å². The Hall–Kier alpha value is -6.70. The lowest BCUT2D eigenvalue weighted by atomic mass is 9.79. The predicted octanol–water partition coefficient (Wildman–Crippen LogP) is 13.9. The molecule has 1 heterocycles. The molecule has 9 aromatic rings. The van der Waals surface area contributed by atoms with E-state index in [4.69, 9.17) is 4.74 Å². The highest BCUT2D eigenvalue weighted by atomic mass is 16.5. The molecule has 0 bridgehead atoms. The molecule has 9 aromatic carbocycles. The minimum absolute atomic E-state index is 0.535. The van der Waals surface area contributed by atoms with Crippen LogP contribution in [0.2, 0.25) is 0 Å². The molecule has 0 saturated heterocycles. The molecule has 0 atom stereocenters. The zero-order chi connectivity index (χ0) is 34.4. The predicted molar refractivity (Wildman–Crippen MR) is 218 cm³/mol. The SMILES string of the molecule is c1ccc(-c2ccc3c(c2)OCc2cccc(-c4c5ccccc5c(-c5c(-c6ccccc6)cccc5-c5ccccc5)c5ccccc45)c2-3)cc1. The Morgan fingerprint density at radius 3 is 1.35 bits per heavy atom. The van der Waals surface area contributed by atoms with E-state index in [-0.39, 0.29) is 0 Å².